The Morgan fingerprint density at radius 2 is 2.05 bits per heavy atom. The summed E-state index contributed by atoms with van der Waals surface area (Å²) < 4.78 is 13.4. The van der Waals surface area contributed by atoms with E-state index in [9.17, 15) is 9.18 Å². The van der Waals surface area contributed by atoms with Gasteiger partial charge in [0.1, 0.15) is 5.82 Å². The van der Waals surface area contributed by atoms with Gasteiger partial charge in [0.2, 0.25) is 5.91 Å². The molecular weight excluding hydrogens is 243 g/mol. The van der Waals surface area contributed by atoms with E-state index in [-0.39, 0.29) is 23.7 Å². The summed E-state index contributed by atoms with van der Waals surface area (Å²) in [6.07, 6.45) is 2.63. The summed E-state index contributed by atoms with van der Waals surface area (Å²) in [6.45, 7) is 5.50. The van der Waals surface area contributed by atoms with Crippen LogP contribution in [0.3, 0.4) is 0 Å². The minimum atomic E-state index is -0.303. The highest BCUT2D eigenvalue weighted by Crippen LogP contribution is 2.19. The summed E-state index contributed by atoms with van der Waals surface area (Å²) in [6, 6.07) is 4.86. The number of nitrogens with one attached hydrogen (secondary N) is 1. The van der Waals surface area contributed by atoms with Crippen LogP contribution in [-0.4, -0.2) is 11.9 Å². The van der Waals surface area contributed by atoms with Gasteiger partial charge in [-0.2, -0.15) is 0 Å². The summed E-state index contributed by atoms with van der Waals surface area (Å²) in [7, 11) is 0. The van der Waals surface area contributed by atoms with Gasteiger partial charge in [-0.1, -0.05) is 19.4 Å². The lowest BCUT2D eigenvalue weighted by atomic mass is 10.0. The van der Waals surface area contributed by atoms with Crippen molar-refractivity contribution in [2.45, 2.75) is 46.1 Å². The summed E-state index contributed by atoms with van der Waals surface area (Å²) >= 11 is 0. The quantitative estimate of drug-likeness (QED) is 0.830. The Hall–Kier alpha value is -1.42. The molecule has 4 heteroatoms. The first kappa shape index (κ1) is 15.6. The lowest BCUT2D eigenvalue weighted by Crippen LogP contribution is -2.22. The second-order valence-corrected chi connectivity index (χ2v) is 5.21. The molecule has 0 aromatic heterocycles. The van der Waals surface area contributed by atoms with Crippen molar-refractivity contribution < 1.29 is 9.18 Å². The predicted molar refractivity (Wildman–Crippen MR) is 76.4 cm³/mol. The monoisotopic (exact) mass is 266 g/mol. The van der Waals surface area contributed by atoms with Crippen LogP contribution in [0.5, 0.6) is 0 Å². The zero-order valence-corrected chi connectivity index (χ0v) is 11.9. The van der Waals surface area contributed by atoms with E-state index in [2.05, 4.69) is 5.32 Å². The lowest BCUT2D eigenvalue weighted by Gasteiger charge is -2.14. The normalized spacial score (nSPS) is 13.9. The predicted octanol–water partition coefficient (Wildman–Crippen LogP) is 3.23. The number of halogens is 1. The third-order valence-corrected chi connectivity index (χ3v) is 3.27. The van der Waals surface area contributed by atoms with Crippen molar-refractivity contribution in [1.29, 1.82) is 0 Å². The van der Waals surface area contributed by atoms with Crippen LogP contribution in [-0.2, 0) is 4.79 Å². The molecule has 0 saturated carbocycles. The Balaban J connectivity index is 2.52. The fraction of sp³-hybridized carbons (Fsp3) is 0.533. The van der Waals surface area contributed by atoms with Gasteiger partial charge in [0.15, 0.2) is 0 Å². The second-order valence-electron chi connectivity index (χ2n) is 5.21. The number of hydrogen-bond donors (Lipinski definition) is 2. The highest BCUT2D eigenvalue weighted by molar-refractivity contribution is 5.92. The molecule has 0 saturated heterocycles. The van der Waals surface area contributed by atoms with Crippen molar-refractivity contribution >= 4 is 11.6 Å². The number of benzene rings is 1. The van der Waals surface area contributed by atoms with E-state index in [1.165, 1.54) is 6.07 Å². The summed E-state index contributed by atoms with van der Waals surface area (Å²) in [5.41, 5.74) is 6.69. The van der Waals surface area contributed by atoms with Crippen molar-refractivity contribution in [3.63, 3.8) is 0 Å². The van der Waals surface area contributed by atoms with Gasteiger partial charge in [-0.15, -0.1) is 0 Å². The van der Waals surface area contributed by atoms with Crippen LogP contribution in [0, 0.1) is 18.7 Å². The SMILES string of the molecule is Cc1c(F)cccc1NC(=O)C(C)CCCC(C)N. The molecule has 0 bridgehead atoms. The number of carbonyl (C=O) groups excluding carboxylic acids is 1. The molecule has 19 heavy (non-hydrogen) atoms. The van der Waals surface area contributed by atoms with Gasteiger partial charge in [0.25, 0.3) is 0 Å². The fourth-order valence-electron chi connectivity index (χ4n) is 1.88. The van der Waals surface area contributed by atoms with E-state index >= 15 is 0 Å². The topological polar surface area (TPSA) is 55.1 Å². The standard InChI is InChI=1S/C15H23FN2O/c1-10(6-4-7-11(2)17)15(19)18-14-9-5-8-13(16)12(14)3/h5,8-11H,4,6-7,17H2,1-3H3,(H,18,19). The van der Waals surface area contributed by atoms with E-state index in [1.807, 2.05) is 13.8 Å². The average molecular weight is 266 g/mol. The molecule has 0 aliphatic rings. The molecule has 0 spiro atoms. The zero-order valence-electron chi connectivity index (χ0n) is 11.9. The molecule has 0 aliphatic heterocycles. The zero-order chi connectivity index (χ0) is 14.4. The van der Waals surface area contributed by atoms with Crippen LogP contribution in [0.2, 0.25) is 0 Å². The molecule has 0 radical (unpaired) electrons. The number of amides is 1. The summed E-state index contributed by atoms with van der Waals surface area (Å²) in [4.78, 5) is 12.0. The third kappa shape index (κ3) is 4.99. The fourth-order valence-corrected chi connectivity index (χ4v) is 1.88. The van der Waals surface area contributed by atoms with Crippen LogP contribution < -0.4 is 11.1 Å². The van der Waals surface area contributed by atoms with E-state index in [0.717, 1.165) is 19.3 Å². The van der Waals surface area contributed by atoms with Gasteiger partial charge < -0.3 is 11.1 Å². The average Bonchev–Trinajstić information content (AvgIpc) is 2.34. The van der Waals surface area contributed by atoms with Gasteiger partial charge >= 0.3 is 0 Å². The maximum absolute atomic E-state index is 13.4. The molecule has 1 aromatic carbocycles. The van der Waals surface area contributed by atoms with Crippen LogP contribution in [0.25, 0.3) is 0 Å². The molecular formula is C15H23FN2O. The Morgan fingerprint density at radius 1 is 1.37 bits per heavy atom. The van der Waals surface area contributed by atoms with E-state index < -0.39 is 0 Å². The van der Waals surface area contributed by atoms with E-state index in [0.29, 0.717) is 11.3 Å². The Bertz CT molecular complexity index is 432. The van der Waals surface area contributed by atoms with Crippen LogP contribution >= 0.6 is 0 Å². The first-order valence-electron chi connectivity index (χ1n) is 6.73. The number of nitrogens with two attached hydrogens (primary N) is 1. The Labute approximate surface area is 114 Å². The third-order valence-electron chi connectivity index (χ3n) is 3.27. The van der Waals surface area contributed by atoms with Crippen molar-refractivity contribution in [2.24, 2.45) is 11.7 Å². The van der Waals surface area contributed by atoms with Gasteiger partial charge in [0, 0.05) is 23.2 Å². The molecule has 2 atom stereocenters. The number of anilines is 1. The van der Waals surface area contributed by atoms with Crippen molar-refractivity contribution in [2.75, 3.05) is 5.32 Å². The Morgan fingerprint density at radius 3 is 2.68 bits per heavy atom. The largest absolute Gasteiger partial charge is 0.328 e. The first-order valence-corrected chi connectivity index (χ1v) is 6.73. The van der Waals surface area contributed by atoms with Crippen molar-refractivity contribution in [1.82, 2.24) is 0 Å². The minimum absolute atomic E-state index is 0.0709. The van der Waals surface area contributed by atoms with E-state index in [4.69, 9.17) is 5.73 Å². The molecule has 1 amide bonds. The molecule has 0 fully saturated rings. The van der Waals surface area contributed by atoms with Gasteiger partial charge in [-0.25, -0.2) is 4.39 Å². The molecule has 1 aromatic rings. The molecule has 106 valence electrons. The van der Waals surface area contributed by atoms with E-state index in [1.54, 1.807) is 19.1 Å². The molecule has 2 unspecified atom stereocenters. The summed E-state index contributed by atoms with van der Waals surface area (Å²) in [5.74, 6) is -0.470. The molecule has 0 aliphatic carbocycles. The van der Waals surface area contributed by atoms with Crippen molar-refractivity contribution in [3.8, 4) is 0 Å². The first-order chi connectivity index (χ1) is 8.91. The minimum Gasteiger partial charge on any atom is -0.328 e. The Kier molecular flexibility index (Phi) is 5.96. The highest BCUT2D eigenvalue weighted by atomic mass is 19.1. The van der Waals surface area contributed by atoms with Gasteiger partial charge in [0.05, 0.1) is 0 Å². The summed E-state index contributed by atoms with van der Waals surface area (Å²) in [5, 5.41) is 2.78. The maximum Gasteiger partial charge on any atom is 0.227 e. The molecule has 3 N–H and O–H groups in total. The molecule has 0 heterocycles. The van der Waals surface area contributed by atoms with Crippen LogP contribution in [0.15, 0.2) is 18.2 Å². The maximum atomic E-state index is 13.4. The lowest BCUT2D eigenvalue weighted by molar-refractivity contribution is -0.119. The van der Waals surface area contributed by atoms with Gasteiger partial charge in [-0.05, 0) is 38.8 Å². The molecule has 3 nitrogen and oxygen atoms in total. The molecule has 1 rings (SSSR count). The van der Waals surface area contributed by atoms with Gasteiger partial charge in [-0.3, -0.25) is 4.79 Å². The number of carbonyl (C=O) groups is 1. The number of hydrogen-bond acceptors (Lipinski definition) is 2. The smallest absolute Gasteiger partial charge is 0.227 e. The van der Waals surface area contributed by atoms with Crippen molar-refractivity contribution in [3.05, 3.63) is 29.6 Å². The highest BCUT2D eigenvalue weighted by Gasteiger charge is 2.14. The second kappa shape index (κ2) is 7.24. The number of rotatable bonds is 6. The van der Waals surface area contributed by atoms with Crippen LogP contribution in [0.1, 0.15) is 38.7 Å². The van der Waals surface area contributed by atoms with Crippen LogP contribution in [0.4, 0.5) is 10.1 Å².